The first-order chi connectivity index (χ1) is 15.4. The second-order valence-electron chi connectivity index (χ2n) is 6.89. The molecule has 0 bridgehead atoms. The van der Waals surface area contributed by atoms with Crippen LogP contribution in [0, 0.1) is 0 Å². The van der Waals surface area contributed by atoms with Gasteiger partial charge in [0, 0.05) is 23.3 Å². The minimum atomic E-state index is -4.76. The molecule has 0 saturated carbocycles. The molecule has 3 N–H and O–H groups in total. The number of rotatable bonds is 7. The number of halogens is 3. The van der Waals surface area contributed by atoms with E-state index < -0.39 is 39.9 Å². The molecule has 2 amide bonds. The lowest BCUT2D eigenvalue weighted by molar-refractivity contribution is -0.137. The fourth-order valence-corrected chi connectivity index (χ4v) is 3.41. The monoisotopic (exact) mass is 481 g/mol. The molecule has 8 nitrogen and oxygen atoms in total. The second-order valence-corrected chi connectivity index (χ2v) is 8.90. The molecule has 0 aliphatic heterocycles. The van der Waals surface area contributed by atoms with Gasteiger partial charge in [-0.3, -0.25) is 9.59 Å². The van der Waals surface area contributed by atoms with Crippen molar-refractivity contribution in [2.75, 3.05) is 28.8 Å². The number of amides is 2. The van der Waals surface area contributed by atoms with Crippen molar-refractivity contribution in [3.8, 4) is 0 Å². The van der Waals surface area contributed by atoms with Crippen LogP contribution in [0.4, 0.5) is 30.2 Å². The summed E-state index contributed by atoms with van der Waals surface area (Å²) in [6.07, 6.45) is -2.46. The first kappa shape index (κ1) is 23.9. The molecule has 33 heavy (non-hydrogen) atoms. The van der Waals surface area contributed by atoms with E-state index in [0.717, 1.165) is 18.4 Å². The third-order valence-electron chi connectivity index (χ3n) is 4.33. The molecule has 0 aliphatic carbocycles. The van der Waals surface area contributed by atoms with Crippen LogP contribution in [-0.4, -0.2) is 33.0 Å². The summed E-state index contributed by atoms with van der Waals surface area (Å²) in [6.45, 7) is -0.491. The van der Waals surface area contributed by atoms with Gasteiger partial charge < -0.3 is 20.4 Å². The van der Waals surface area contributed by atoms with Crippen LogP contribution >= 0.6 is 0 Å². The molecule has 2 aromatic carbocycles. The molecular formula is C21H18F3N3O5S. The van der Waals surface area contributed by atoms with Gasteiger partial charge in [-0.1, -0.05) is 0 Å². The maximum atomic E-state index is 13.5. The number of alkyl halides is 3. The van der Waals surface area contributed by atoms with Crippen molar-refractivity contribution in [2.24, 2.45) is 0 Å². The van der Waals surface area contributed by atoms with Crippen LogP contribution in [-0.2, 0) is 20.8 Å². The third-order valence-corrected chi connectivity index (χ3v) is 5.46. The molecule has 3 rings (SSSR count). The highest BCUT2D eigenvalue weighted by atomic mass is 32.2. The van der Waals surface area contributed by atoms with Crippen LogP contribution in [0.5, 0.6) is 0 Å². The average Bonchev–Trinajstić information content (AvgIpc) is 3.27. The normalized spacial score (nSPS) is 11.6. The fraction of sp³-hybridized carbons (Fsp3) is 0.143. The second kappa shape index (κ2) is 9.36. The minimum absolute atomic E-state index is 0.0627. The molecule has 0 unspecified atom stereocenters. The minimum Gasteiger partial charge on any atom is -0.459 e. The quantitative estimate of drug-likeness (QED) is 0.470. The predicted octanol–water partition coefficient (Wildman–Crippen LogP) is 4.00. The van der Waals surface area contributed by atoms with Gasteiger partial charge in [-0.25, -0.2) is 8.42 Å². The van der Waals surface area contributed by atoms with Gasteiger partial charge in [0.25, 0.3) is 5.91 Å². The van der Waals surface area contributed by atoms with Crippen LogP contribution in [0.2, 0.25) is 0 Å². The summed E-state index contributed by atoms with van der Waals surface area (Å²) < 4.78 is 68.4. The number of benzene rings is 2. The van der Waals surface area contributed by atoms with E-state index in [0.29, 0.717) is 0 Å². The lowest BCUT2D eigenvalue weighted by Crippen LogP contribution is -2.23. The van der Waals surface area contributed by atoms with Crippen LogP contribution < -0.4 is 16.0 Å². The Kier molecular flexibility index (Phi) is 6.77. The van der Waals surface area contributed by atoms with Gasteiger partial charge in [0.2, 0.25) is 5.91 Å². The highest BCUT2D eigenvalue weighted by Crippen LogP contribution is 2.36. The highest BCUT2D eigenvalue weighted by molar-refractivity contribution is 7.90. The molecule has 0 radical (unpaired) electrons. The Morgan fingerprint density at radius 1 is 0.970 bits per heavy atom. The van der Waals surface area contributed by atoms with E-state index >= 15 is 0 Å². The number of furan rings is 1. The maximum absolute atomic E-state index is 13.5. The molecule has 0 atom stereocenters. The lowest BCUT2D eigenvalue weighted by Gasteiger charge is -2.16. The van der Waals surface area contributed by atoms with Crippen molar-refractivity contribution in [2.45, 2.75) is 11.1 Å². The van der Waals surface area contributed by atoms with Crippen LogP contribution in [0.15, 0.2) is 70.2 Å². The van der Waals surface area contributed by atoms with Gasteiger partial charge in [0.15, 0.2) is 15.6 Å². The molecule has 1 heterocycles. The number of sulfone groups is 1. The van der Waals surface area contributed by atoms with Crippen molar-refractivity contribution in [3.63, 3.8) is 0 Å². The summed E-state index contributed by atoms with van der Waals surface area (Å²) in [5, 5.41) is 7.20. The number of nitrogens with one attached hydrogen (secondary N) is 3. The highest BCUT2D eigenvalue weighted by Gasteiger charge is 2.34. The predicted molar refractivity (Wildman–Crippen MR) is 115 cm³/mol. The number of hydrogen-bond acceptors (Lipinski definition) is 6. The molecule has 3 aromatic rings. The molecule has 12 heteroatoms. The van der Waals surface area contributed by atoms with Crippen molar-refractivity contribution in [1.82, 2.24) is 0 Å². The van der Waals surface area contributed by atoms with Gasteiger partial charge in [-0.2, -0.15) is 13.2 Å². The van der Waals surface area contributed by atoms with E-state index in [1.165, 1.54) is 48.7 Å². The average molecular weight is 481 g/mol. The Balaban J connectivity index is 1.68. The Hall–Kier alpha value is -3.80. The van der Waals surface area contributed by atoms with Crippen LogP contribution in [0.1, 0.15) is 16.1 Å². The van der Waals surface area contributed by atoms with Crippen molar-refractivity contribution < 1.29 is 35.6 Å². The van der Waals surface area contributed by atoms with Crippen molar-refractivity contribution >= 4 is 38.7 Å². The third kappa shape index (κ3) is 6.35. The first-order valence-corrected chi connectivity index (χ1v) is 11.2. The van der Waals surface area contributed by atoms with Crippen molar-refractivity contribution in [3.05, 3.63) is 72.2 Å². The molecule has 1 aromatic heterocycles. The first-order valence-electron chi connectivity index (χ1n) is 9.33. The summed E-state index contributed by atoms with van der Waals surface area (Å²) in [7, 11) is -3.40. The number of hydrogen-bond donors (Lipinski definition) is 3. The van der Waals surface area contributed by atoms with E-state index in [1.54, 1.807) is 0 Å². The van der Waals surface area contributed by atoms with Crippen LogP contribution in [0.25, 0.3) is 0 Å². The van der Waals surface area contributed by atoms with E-state index in [-0.39, 0.29) is 27.7 Å². The molecule has 174 valence electrons. The van der Waals surface area contributed by atoms with Gasteiger partial charge in [-0.05, 0) is 54.6 Å². The largest absolute Gasteiger partial charge is 0.459 e. The maximum Gasteiger partial charge on any atom is 0.418 e. The summed E-state index contributed by atoms with van der Waals surface area (Å²) in [5.74, 6) is -1.42. The molecule has 0 fully saturated rings. The summed E-state index contributed by atoms with van der Waals surface area (Å²) >= 11 is 0. The Morgan fingerprint density at radius 3 is 2.21 bits per heavy atom. The van der Waals surface area contributed by atoms with Gasteiger partial charge in [-0.15, -0.1) is 0 Å². The zero-order valence-electron chi connectivity index (χ0n) is 17.1. The molecular weight excluding hydrogens is 463 g/mol. The summed E-state index contributed by atoms with van der Waals surface area (Å²) in [4.78, 5) is 24.2. The van der Waals surface area contributed by atoms with Gasteiger partial charge >= 0.3 is 6.18 Å². The Bertz CT molecular complexity index is 1260. The summed E-state index contributed by atoms with van der Waals surface area (Å²) in [5.41, 5.74) is -1.27. The summed E-state index contributed by atoms with van der Waals surface area (Å²) in [6, 6.07) is 11.3. The van der Waals surface area contributed by atoms with E-state index in [4.69, 9.17) is 4.42 Å². The number of carbonyl (C=O) groups excluding carboxylic acids is 2. The van der Waals surface area contributed by atoms with Crippen molar-refractivity contribution in [1.29, 1.82) is 0 Å². The van der Waals surface area contributed by atoms with Gasteiger partial charge in [0.05, 0.1) is 23.3 Å². The van der Waals surface area contributed by atoms with Gasteiger partial charge in [0.1, 0.15) is 0 Å². The van der Waals surface area contributed by atoms with E-state index in [1.807, 2.05) is 0 Å². The molecule has 0 saturated heterocycles. The Morgan fingerprint density at radius 2 is 1.64 bits per heavy atom. The zero-order valence-corrected chi connectivity index (χ0v) is 17.9. The standard InChI is InChI=1S/C21H18F3N3O5S/c1-33(30,31)15-7-4-13(5-8-15)26-19(28)12-25-17-9-6-14(11-16(17)21(22,23)24)27-20(29)18-3-2-10-32-18/h2-11,25H,12H2,1H3,(H,26,28)(H,27,29). The fourth-order valence-electron chi connectivity index (χ4n) is 2.78. The SMILES string of the molecule is CS(=O)(=O)c1ccc(NC(=O)CNc2ccc(NC(=O)c3ccco3)cc2C(F)(F)F)cc1. The topological polar surface area (TPSA) is 118 Å². The lowest BCUT2D eigenvalue weighted by atomic mass is 10.1. The zero-order chi connectivity index (χ0) is 24.2. The van der Waals surface area contributed by atoms with E-state index in [9.17, 15) is 31.2 Å². The number of carbonyl (C=O) groups is 2. The Labute approximate surface area is 186 Å². The molecule has 0 aliphatic rings. The number of anilines is 3. The smallest absolute Gasteiger partial charge is 0.418 e. The molecule has 0 spiro atoms. The van der Waals surface area contributed by atoms with E-state index in [2.05, 4.69) is 16.0 Å². The van der Waals surface area contributed by atoms with Crippen LogP contribution in [0.3, 0.4) is 0 Å².